The predicted molar refractivity (Wildman–Crippen MR) is 104 cm³/mol. The molecule has 1 atom stereocenters. The lowest BCUT2D eigenvalue weighted by Gasteiger charge is -2.24. The summed E-state index contributed by atoms with van der Waals surface area (Å²) in [5.74, 6) is -0.00665. The summed E-state index contributed by atoms with van der Waals surface area (Å²) >= 11 is 0. The predicted octanol–water partition coefficient (Wildman–Crippen LogP) is 2.74. The third-order valence-electron chi connectivity index (χ3n) is 5.19. The molecule has 2 aromatic heterocycles. The van der Waals surface area contributed by atoms with Crippen molar-refractivity contribution in [3.8, 4) is 0 Å². The van der Waals surface area contributed by atoms with Gasteiger partial charge in [-0.1, -0.05) is 12.1 Å². The van der Waals surface area contributed by atoms with Crippen molar-refractivity contribution in [1.29, 1.82) is 0 Å². The highest BCUT2D eigenvalue weighted by Crippen LogP contribution is 2.21. The van der Waals surface area contributed by atoms with Gasteiger partial charge in [0.15, 0.2) is 0 Å². The monoisotopic (exact) mass is 363 g/mol. The quantitative estimate of drug-likeness (QED) is 0.758. The van der Waals surface area contributed by atoms with Crippen LogP contribution < -0.4 is 5.32 Å². The minimum absolute atomic E-state index is 0.00665. The topological polar surface area (TPSA) is 64.7 Å². The van der Waals surface area contributed by atoms with Gasteiger partial charge in [-0.25, -0.2) is 0 Å². The lowest BCUT2D eigenvalue weighted by atomic mass is 9.93. The zero-order valence-corrected chi connectivity index (χ0v) is 15.9. The molecule has 1 unspecified atom stereocenters. The summed E-state index contributed by atoms with van der Waals surface area (Å²) in [5, 5.41) is 11.9. The first-order chi connectivity index (χ1) is 13.1. The molecule has 0 radical (unpaired) electrons. The number of hydrogen-bond acceptors (Lipinski definition) is 3. The summed E-state index contributed by atoms with van der Waals surface area (Å²) in [6, 6.07) is 7.95. The van der Waals surface area contributed by atoms with Gasteiger partial charge < -0.3 is 5.32 Å². The molecule has 6 nitrogen and oxygen atoms in total. The molecule has 4 rings (SSSR count). The summed E-state index contributed by atoms with van der Waals surface area (Å²) < 4.78 is 3.97. The van der Waals surface area contributed by atoms with E-state index in [-0.39, 0.29) is 11.9 Å². The van der Waals surface area contributed by atoms with Crippen molar-refractivity contribution in [1.82, 2.24) is 24.9 Å². The fourth-order valence-electron chi connectivity index (χ4n) is 3.75. The first-order valence-corrected chi connectivity index (χ1v) is 9.55. The highest BCUT2D eigenvalue weighted by atomic mass is 16.1. The molecule has 1 aliphatic rings. The van der Waals surface area contributed by atoms with E-state index in [0.29, 0.717) is 12.1 Å². The van der Waals surface area contributed by atoms with Gasteiger partial charge in [0.05, 0.1) is 18.9 Å². The molecule has 140 valence electrons. The van der Waals surface area contributed by atoms with Crippen molar-refractivity contribution in [3.05, 3.63) is 70.8 Å². The number of hydrogen-bond donors (Lipinski definition) is 1. The molecule has 3 aromatic rings. The Morgan fingerprint density at radius 1 is 1.22 bits per heavy atom. The van der Waals surface area contributed by atoms with Crippen molar-refractivity contribution < 1.29 is 4.79 Å². The third kappa shape index (κ3) is 3.79. The van der Waals surface area contributed by atoms with Crippen LogP contribution in [0.25, 0.3) is 0 Å². The van der Waals surface area contributed by atoms with Crippen LogP contribution in [0, 0.1) is 6.92 Å². The Bertz CT molecular complexity index is 938. The molecule has 2 heterocycles. The molecular formula is C21H25N5O. The normalized spacial score (nSPS) is 16.1. The average Bonchev–Trinajstić information content (AvgIpc) is 3.27. The maximum absolute atomic E-state index is 12.6. The largest absolute Gasteiger partial charge is 0.349 e. The van der Waals surface area contributed by atoms with Gasteiger partial charge in [0.25, 0.3) is 5.91 Å². The number of nitrogens with zero attached hydrogens (tertiary/aromatic N) is 4. The Morgan fingerprint density at radius 3 is 2.74 bits per heavy atom. The van der Waals surface area contributed by atoms with E-state index >= 15 is 0 Å². The average molecular weight is 363 g/mol. The molecule has 0 spiro atoms. The third-order valence-corrected chi connectivity index (χ3v) is 5.19. The fraction of sp³-hybridized carbons (Fsp3) is 0.381. The van der Waals surface area contributed by atoms with Gasteiger partial charge in [-0.2, -0.15) is 10.2 Å². The van der Waals surface area contributed by atoms with Crippen LogP contribution in [0.1, 0.15) is 46.1 Å². The maximum Gasteiger partial charge on any atom is 0.251 e. The van der Waals surface area contributed by atoms with Gasteiger partial charge in [-0.15, -0.1) is 0 Å². The van der Waals surface area contributed by atoms with Gasteiger partial charge in [0, 0.05) is 30.0 Å². The van der Waals surface area contributed by atoms with Crippen LogP contribution in [-0.4, -0.2) is 31.5 Å². The zero-order valence-electron chi connectivity index (χ0n) is 15.9. The second-order valence-corrected chi connectivity index (χ2v) is 7.26. The Labute approximate surface area is 159 Å². The SMILES string of the molecule is CCn1ncc2c1CCC(NC(=O)c1ccc(Cn3cc(C)cn3)cc1)C2. The molecule has 1 aliphatic carbocycles. The highest BCUT2D eigenvalue weighted by Gasteiger charge is 2.23. The molecule has 0 bridgehead atoms. The molecule has 0 saturated carbocycles. The van der Waals surface area contributed by atoms with Gasteiger partial charge in [0.1, 0.15) is 0 Å². The van der Waals surface area contributed by atoms with Crippen LogP contribution >= 0.6 is 0 Å². The number of aromatic nitrogens is 4. The first-order valence-electron chi connectivity index (χ1n) is 9.55. The van der Waals surface area contributed by atoms with Crippen LogP contribution in [-0.2, 0) is 25.9 Å². The van der Waals surface area contributed by atoms with Crippen LogP contribution in [0.2, 0.25) is 0 Å². The fourth-order valence-corrected chi connectivity index (χ4v) is 3.75. The molecule has 1 amide bonds. The first kappa shape index (κ1) is 17.5. The Balaban J connectivity index is 1.37. The number of benzene rings is 1. The minimum Gasteiger partial charge on any atom is -0.349 e. The summed E-state index contributed by atoms with van der Waals surface area (Å²) in [6.07, 6.45) is 8.60. The number of rotatable bonds is 5. The van der Waals surface area contributed by atoms with Crippen LogP contribution in [0.5, 0.6) is 0 Å². The number of carbonyl (C=O) groups excluding carboxylic acids is 1. The van der Waals surface area contributed by atoms with Crippen molar-refractivity contribution >= 4 is 5.91 Å². The number of aryl methyl sites for hydroxylation is 2. The van der Waals surface area contributed by atoms with Gasteiger partial charge in [-0.3, -0.25) is 14.2 Å². The summed E-state index contributed by atoms with van der Waals surface area (Å²) in [7, 11) is 0. The van der Waals surface area contributed by atoms with Gasteiger partial charge in [0.2, 0.25) is 0 Å². The van der Waals surface area contributed by atoms with Crippen LogP contribution in [0.4, 0.5) is 0 Å². The molecule has 0 fully saturated rings. The van der Waals surface area contributed by atoms with Crippen LogP contribution in [0.3, 0.4) is 0 Å². The summed E-state index contributed by atoms with van der Waals surface area (Å²) in [5.41, 5.74) is 5.56. The number of nitrogens with one attached hydrogen (secondary N) is 1. The highest BCUT2D eigenvalue weighted by molar-refractivity contribution is 5.94. The molecule has 1 N–H and O–H groups in total. The minimum atomic E-state index is -0.00665. The molecular weight excluding hydrogens is 338 g/mol. The van der Waals surface area contributed by atoms with E-state index in [9.17, 15) is 4.79 Å². The van der Waals surface area contributed by atoms with E-state index in [1.807, 2.05) is 54.5 Å². The van der Waals surface area contributed by atoms with Crippen molar-refractivity contribution in [2.75, 3.05) is 0 Å². The standard InChI is InChI=1S/C21H25N5O/c1-3-26-20-9-8-19(10-18(20)12-23-26)24-21(27)17-6-4-16(5-7-17)14-25-13-15(2)11-22-25/h4-7,11-13,19H,3,8-10,14H2,1-2H3,(H,24,27). The molecule has 1 aromatic carbocycles. The number of amides is 1. The van der Waals surface area contributed by atoms with E-state index in [0.717, 1.165) is 36.9 Å². The lowest BCUT2D eigenvalue weighted by molar-refractivity contribution is 0.0933. The van der Waals surface area contributed by atoms with E-state index in [1.165, 1.54) is 11.3 Å². The second-order valence-electron chi connectivity index (χ2n) is 7.26. The van der Waals surface area contributed by atoms with E-state index in [1.54, 1.807) is 0 Å². The Hall–Kier alpha value is -2.89. The van der Waals surface area contributed by atoms with Crippen LogP contribution in [0.15, 0.2) is 42.9 Å². The smallest absolute Gasteiger partial charge is 0.251 e. The number of carbonyl (C=O) groups is 1. The molecule has 0 aliphatic heterocycles. The summed E-state index contributed by atoms with van der Waals surface area (Å²) in [4.78, 5) is 12.6. The Kier molecular flexibility index (Phi) is 4.79. The number of fused-ring (bicyclic) bond motifs is 1. The van der Waals surface area contributed by atoms with Gasteiger partial charge >= 0.3 is 0 Å². The van der Waals surface area contributed by atoms with E-state index in [2.05, 4.69) is 27.1 Å². The maximum atomic E-state index is 12.6. The summed E-state index contributed by atoms with van der Waals surface area (Å²) in [6.45, 7) is 5.75. The zero-order chi connectivity index (χ0) is 18.8. The lowest BCUT2D eigenvalue weighted by Crippen LogP contribution is -2.39. The molecule has 0 saturated heterocycles. The van der Waals surface area contributed by atoms with E-state index < -0.39 is 0 Å². The van der Waals surface area contributed by atoms with Gasteiger partial charge in [-0.05, 0) is 61.9 Å². The van der Waals surface area contributed by atoms with Crippen molar-refractivity contribution in [2.45, 2.75) is 52.2 Å². The molecule has 27 heavy (non-hydrogen) atoms. The van der Waals surface area contributed by atoms with Crippen molar-refractivity contribution in [3.63, 3.8) is 0 Å². The van der Waals surface area contributed by atoms with E-state index in [4.69, 9.17) is 0 Å². The molecule has 6 heteroatoms. The Morgan fingerprint density at radius 2 is 2.04 bits per heavy atom. The second kappa shape index (κ2) is 7.39. The van der Waals surface area contributed by atoms with Crippen molar-refractivity contribution in [2.24, 2.45) is 0 Å².